The highest BCUT2D eigenvalue weighted by atomic mass is 35.5. The molecule has 192 valence electrons. The number of carbonyl (C=O) groups is 2. The van der Waals surface area contributed by atoms with Gasteiger partial charge >= 0.3 is 10.2 Å². The van der Waals surface area contributed by atoms with E-state index in [9.17, 15) is 18.0 Å². The lowest BCUT2D eigenvalue weighted by atomic mass is 10.1. The molecule has 35 heavy (non-hydrogen) atoms. The van der Waals surface area contributed by atoms with Crippen LogP contribution in [0.3, 0.4) is 0 Å². The molecule has 0 radical (unpaired) electrons. The Morgan fingerprint density at radius 3 is 2.14 bits per heavy atom. The number of amides is 2. The quantitative estimate of drug-likeness (QED) is 0.517. The molecule has 0 fully saturated rings. The maximum absolute atomic E-state index is 13.7. The Labute approximate surface area is 214 Å². The molecule has 1 atom stereocenters. The minimum absolute atomic E-state index is 0.113. The first kappa shape index (κ1) is 28.6. The van der Waals surface area contributed by atoms with Crippen LogP contribution in [0.2, 0.25) is 5.02 Å². The topological polar surface area (TPSA) is 90.0 Å². The van der Waals surface area contributed by atoms with E-state index in [4.69, 9.17) is 11.6 Å². The zero-order valence-corrected chi connectivity index (χ0v) is 22.9. The van der Waals surface area contributed by atoms with Gasteiger partial charge < -0.3 is 10.2 Å². The fourth-order valence-corrected chi connectivity index (χ4v) is 4.70. The molecular formula is C25H35ClN4O4S. The second-order valence-corrected chi connectivity index (χ2v) is 11.6. The molecule has 2 amide bonds. The van der Waals surface area contributed by atoms with Gasteiger partial charge in [0.1, 0.15) is 12.6 Å². The van der Waals surface area contributed by atoms with E-state index in [1.807, 2.05) is 32.9 Å². The molecule has 2 rings (SSSR count). The number of nitrogens with one attached hydrogen (secondary N) is 1. The predicted octanol–water partition coefficient (Wildman–Crippen LogP) is 3.51. The summed E-state index contributed by atoms with van der Waals surface area (Å²) in [4.78, 5) is 27.9. The molecule has 0 heterocycles. The Kier molecular flexibility index (Phi) is 9.71. The van der Waals surface area contributed by atoms with Crippen LogP contribution in [0.15, 0.2) is 42.5 Å². The highest BCUT2D eigenvalue weighted by molar-refractivity contribution is 7.90. The molecule has 10 heteroatoms. The van der Waals surface area contributed by atoms with Crippen LogP contribution in [0.4, 0.5) is 5.69 Å². The third-order valence-corrected chi connectivity index (χ3v) is 7.57. The van der Waals surface area contributed by atoms with Gasteiger partial charge in [0.2, 0.25) is 11.8 Å². The summed E-state index contributed by atoms with van der Waals surface area (Å²) >= 11 is 6.00. The van der Waals surface area contributed by atoms with E-state index in [1.54, 1.807) is 44.2 Å². The summed E-state index contributed by atoms with van der Waals surface area (Å²) < 4.78 is 28.7. The molecule has 2 aromatic rings. The summed E-state index contributed by atoms with van der Waals surface area (Å²) in [5, 5.41) is 3.38. The van der Waals surface area contributed by atoms with Crippen LogP contribution >= 0.6 is 11.6 Å². The highest BCUT2D eigenvalue weighted by Gasteiger charge is 2.33. The molecule has 8 nitrogen and oxygen atoms in total. The summed E-state index contributed by atoms with van der Waals surface area (Å²) in [6.45, 7) is 8.61. The molecule has 0 aromatic heterocycles. The van der Waals surface area contributed by atoms with Gasteiger partial charge in [0.15, 0.2) is 0 Å². The van der Waals surface area contributed by atoms with Gasteiger partial charge in [-0.05, 0) is 69.5 Å². The van der Waals surface area contributed by atoms with E-state index in [-0.39, 0.29) is 18.5 Å². The maximum Gasteiger partial charge on any atom is 0.304 e. The number of benzene rings is 2. The number of carbonyl (C=O) groups excluding carboxylic acids is 2. The Morgan fingerprint density at radius 1 is 1.00 bits per heavy atom. The molecule has 0 saturated heterocycles. The van der Waals surface area contributed by atoms with Gasteiger partial charge in [-0.1, -0.05) is 35.9 Å². The third kappa shape index (κ3) is 7.43. The average Bonchev–Trinajstić information content (AvgIpc) is 2.77. The second-order valence-electron chi connectivity index (χ2n) is 9.07. The van der Waals surface area contributed by atoms with Crippen LogP contribution < -0.4 is 9.62 Å². The molecule has 0 saturated carbocycles. The summed E-state index contributed by atoms with van der Waals surface area (Å²) in [5.74, 6) is -0.825. The van der Waals surface area contributed by atoms with E-state index in [0.29, 0.717) is 16.3 Å². The van der Waals surface area contributed by atoms with Crippen LogP contribution in [0.1, 0.15) is 37.5 Å². The summed E-state index contributed by atoms with van der Waals surface area (Å²) in [6, 6.07) is 11.4. The number of hydrogen-bond donors (Lipinski definition) is 1. The first-order valence-corrected chi connectivity index (χ1v) is 13.1. The largest absolute Gasteiger partial charge is 0.352 e. The van der Waals surface area contributed by atoms with E-state index in [1.165, 1.54) is 19.0 Å². The van der Waals surface area contributed by atoms with Gasteiger partial charge in [-0.25, -0.2) is 4.31 Å². The molecule has 0 aliphatic heterocycles. The zero-order valence-electron chi connectivity index (χ0n) is 21.4. The van der Waals surface area contributed by atoms with Gasteiger partial charge in [-0.15, -0.1) is 0 Å². The predicted molar refractivity (Wildman–Crippen MR) is 141 cm³/mol. The fourth-order valence-electron chi connectivity index (χ4n) is 3.46. The van der Waals surface area contributed by atoms with Crippen molar-refractivity contribution in [1.29, 1.82) is 0 Å². The van der Waals surface area contributed by atoms with Crippen molar-refractivity contribution in [2.24, 2.45) is 0 Å². The van der Waals surface area contributed by atoms with E-state index >= 15 is 0 Å². The van der Waals surface area contributed by atoms with Gasteiger partial charge in [0.25, 0.3) is 0 Å². The molecule has 1 N–H and O–H groups in total. The number of hydrogen-bond acceptors (Lipinski definition) is 4. The second kappa shape index (κ2) is 11.9. The number of anilines is 1. The van der Waals surface area contributed by atoms with Crippen molar-refractivity contribution in [3.8, 4) is 0 Å². The summed E-state index contributed by atoms with van der Waals surface area (Å²) in [6.07, 6.45) is 0. The van der Waals surface area contributed by atoms with Crippen LogP contribution in [-0.2, 0) is 26.3 Å². The van der Waals surface area contributed by atoms with Crippen LogP contribution in [0.25, 0.3) is 0 Å². The molecule has 0 bridgehead atoms. The van der Waals surface area contributed by atoms with Crippen molar-refractivity contribution in [2.45, 2.75) is 53.2 Å². The minimum atomic E-state index is -4.00. The van der Waals surface area contributed by atoms with Crippen molar-refractivity contribution in [3.63, 3.8) is 0 Å². The average molecular weight is 523 g/mol. The van der Waals surface area contributed by atoms with Crippen molar-refractivity contribution < 1.29 is 18.0 Å². The molecule has 0 spiro atoms. The minimum Gasteiger partial charge on any atom is -0.352 e. The Balaban J connectivity index is 2.50. The molecule has 2 aromatic carbocycles. The van der Waals surface area contributed by atoms with Gasteiger partial charge in [-0.3, -0.25) is 9.59 Å². The van der Waals surface area contributed by atoms with Crippen molar-refractivity contribution >= 4 is 39.3 Å². The SMILES string of the molecule is Cc1ccc(C)c(N(CC(=O)N(Cc2ccc(Cl)cc2)[C@@H](C)C(=O)NC(C)C)S(=O)(=O)N(C)C)c1. The van der Waals surface area contributed by atoms with Crippen molar-refractivity contribution in [1.82, 2.24) is 14.5 Å². The molecule has 0 aliphatic carbocycles. The first-order chi connectivity index (χ1) is 16.2. The summed E-state index contributed by atoms with van der Waals surface area (Å²) in [5.41, 5.74) is 2.75. The first-order valence-electron chi connectivity index (χ1n) is 11.4. The molecular weight excluding hydrogens is 488 g/mol. The van der Waals surface area contributed by atoms with Crippen LogP contribution in [0.5, 0.6) is 0 Å². The lowest BCUT2D eigenvalue weighted by molar-refractivity contribution is -0.139. The lowest BCUT2D eigenvalue weighted by Gasteiger charge is -2.33. The molecule has 0 unspecified atom stereocenters. The lowest BCUT2D eigenvalue weighted by Crippen LogP contribution is -2.53. The van der Waals surface area contributed by atoms with Crippen LogP contribution in [-0.4, -0.2) is 62.2 Å². The number of nitrogens with zero attached hydrogens (tertiary/aromatic N) is 3. The number of rotatable bonds is 10. The Morgan fingerprint density at radius 2 is 1.60 bits per heavy atom. The third-order valence-electron chi connectivity index (χ3n) is 5.52. The van der Waals surface area contributed by atoms with Gasteiger partial charge in [0.05, 0.1) is 5.69 Å². The van der Waals surface area contributed by atoms with Gasteiger partial charge in [0, 0.05) is 31.7 Å². The van der Waals surface area contributed by atoms with Gasteiger partial charge in [-0.2, -0.15) is 12.7 Å². The summed E-state index contributed by atoms with van der Waals surface area (Å²) in [7, 11) is -1.16. The Bertz CT molecular complexity index is 1150. The maximum atomic E-state index is 13.7. The van der Waals surface area contributed by atoms with Crippen molar-refractivity contribution in [3.05, 3.63) is 64.2 Å². The zero-order chi connectivity index (χ0) is 26.5. The Hall–Kier alpha value is -2.62. The highest BCUT2D eigenvalue weighted by Crippen LogP contribution is 2.26. The fraction of sp³-hybridized carbons (Fsp3) is 0.440. The van der Waals surface area contributed by atoms with E-state index in [0.717, 1.165) is 19.7 Å². The number of aryl methyl sites for hydroxylation is 2. The van der Waals surface area contributed by atoms with Crippen LogP contribution in [0, 0.1) is 13.8 Å². The monoisotopic (exact) mass is 522 g/mol. The number of halogens is 1. The smallest absolute Gasteiger partial charge is 0.304 e. The normalized spacial score (nSPS) is 12.5. The van der Waals surface area contributed by atoms with Crippen molar-refractivity contribution in [2.75, 3.05) is 24.9 Å². The molecule has 0 aliphatic rings. The standard InChI is InChI=1S/C25H35ClN4O4S/c1-17(2)27-25(32)20(5)29(15-21-10-12-22(26)13-11-21)24(31)16-30(35(33,34)28(6)7)23-14-18(3)8-9-19(23)4/h8-14,17,20H,15-16H2,1-7H3,(H,27,32)/t20-/m0/s1. The van der Waals surface area contributed by atoms with E-state index < -0.39 is 28.7 Å². The van der Waals surface area contributed by atoms with E-state index in [2.05, 4.69) is 5.32 Å².